The van der Waals surface area contributed by atoms with E-state index < -0.39 is 0 Å². The Morgan fingerprint density at radius 2 is 1.79 bits per heavy atom. The SMILES string of the molecule is c1cc2c(cc1CN1CC3CNCC3C1)OCCO2. The standard InChI is InChI=1S/C15H20N2O2/c1-2-14-15(19-4-3-18-14)5-11(1)8-17-9-12-6-16-7-13(12)10-17/h1-2,5,12-13,16H,3-4,6-10H2. The van der Waals surface area contributed by atoms with E-state index in [2.05, 4.69) is 22.3 Å². The Morgan fingerprint density at radius 1 is 1.05 bits per heavy atom. The number of fused-ring (bicyclic) bond motifs is 2. The zero-order valence-corrected chi connectivity index (χ0v) is 11.1. The maximum absolute atomic E-state index is 5.65. The number of ether oxygens (including phenoxy) is 2. The second kappa shape index (κ2) is 4.69. The molecular formula is C15H20N2O2. The maximum Gasteiger partial charge on any atom is 0.161 e. The number of nitrogens with zero attached hydrogens (tertiary/aromatic N) is 1. The first-order valence-corrected chi connectivity index (χ1v) is 7.20. The zero-order chi connectivity index (χ0) is 12.7. The van der Waals surface area contributed by atoms with E-state index in [1.807, 2.05) is 6.07 Å². The molecule has 1 aromatic carbocycles. The van der Waals surface area contributed by atoms with Crippen molar-refractivity contribution < 1.29 is 9.47 Å². The van der Waals surface area contributed by atoms with Crippen molar-refractivity contribution in [3.05, 3.63) is 23.8 Å². The van der Waals surface area contributed by atoms with E-state index in [-0.39, 0.29) is 0 Å². The molecule has 2 unspecified atom stereocenters. The Kier molecular flexibility index (Phi) is 2.85. The van der Waals surface area contributed by atoms with Crippen molar-refractivity contribution in [3.63, 3.8) is 0 Å². The Hall–Kier alpha value is -1.26. The van der Waals surface area contributed by atoms with Crippen LogP contribution in [-0.2, 0) is 6.54 Å². The van der Waals surface area contributed by atoms with Crippen LogP contribution in [0.15, 0.2) is 18.2 Å². The quantitative estimate of drug-likeness (QED) is 0.863. The van der Waals surface area contributed by atoms with Gasteiger partial charge < -0.3 is 14.8 Å². The number of benzene rings is 1. The second-order valence-electron chi connectivity index (χ2n) is 5.85. The molecule has 102 valence electrons. The van der Waals surface area contributed by atoms with Crippen molar-refractivity contribution >= 4 is 0 Å². The lowest BCUT2D eigenvalue weighted by molar-refractivity contribution is 0.171. The van der Waals surface area contributed by atoms with Gasteiger partial charge in [-0.15, -0.1) is 0 Å². The first-order valence-electron chi connectivity index (χ1n) is 7.20. The summed E-state index contributed by atoms with van der Waals surface area (Å²) < 4.78 is 11.2. The Bertz CT molecular complexity index is 465. The lowest BCUT2D eigenvalue weighted by Crippen LogP contribution is -2.25. The molecule has 2 fully saturated rings. The summed E-state index contributed by atoms with van der Waals surface area (Å²) >= 11 is 0. The fraction of sp³-hybridized carbons (Fsp3) is 0.600. The van der Waals surface area contributed by atoms with Crippen LogP contribution < -0.4 is 14.8 Å². The minimum Gasteiger partial charge on any atom is -0.486 e. The van der Waals surface area contributed by atoms with Crippen LogP contribution in [0.1, 0.15) is 5.56 Å². The minimum atomic E-state index is 0.662. The molecule has 4 heteroatoms. The van der Waals surface area contributed by atoms with Gasteiger partial charge in [0.25, 0.3) is 0 Å². The van der Waals surface area contributed by atoms with E-state index in [0.29, 0.717) is 13.2 Å². The third-order valence-corrected chi connectivity index (χ3v) is 4.48. The zero-order valence-electron chi connectivity index (χ0n) is 11.1. The molecule has 4 rings (SSSR count). The highest BCUT2D eigenvalue weighted by Crippen LogP contribution is 2.32. The fourth-order valence-corrected chi connectivity index (χ4v) is 3.53. The van der Waals surface area contributed by atoms with Gasteiger partial charge in [-0.2, -0.15) is 0 Å². The highest BCUT2D eigenvalue weighted by atomic mass is 16.6. The van der Waals surface area contributed by atoms with E-state index in [1.165, 1.54) is 31.7 Å². The molecule has 0 amide bonds. The van der Waals surface area contributed by atoms with Crippen LogP contribution in [0.4, 0.5) is 0 Å². The third-order valence-electron chi connectivity index (χ3n) is 4.48. The first-order chi connectivity index (χ1) is 9.38. The summed E-state index contributed by atoms with van der Waals surface area (Å²) in [4.78, 5) is 2.57. The summed E-state index contributed by atoms with van der Waals surface area (Å²) in [7, 11) is 0. The molecule has 2 saturated heterocycles. The van der Waals surface area contributed by atoms with Gasteiger partial charge in [-0.3, -0.25) is 4.90 Å². The topological polar surface area (TPSA) is 33.7 Å². The van der Waals surface area contributed by atoms with Gasteiger partial charge >= 0.3 is 0 Å². The van der Waals surface area contributed by atoms with Gasteiger partial charge in [0.05, 0.1) is 0 Å². The molecule has 4 nitrogen and oxygen atoms in total. The van der Waals surface area contributed by atoms with E-state index in [4.69, 9.17) is 9.47 Å². The first kappa shape index (κ1) is 11.6. The molecule has 0 spiro atoms. The number of nitrogens with one attached hydrogen (secondary N) is 1. The smallest absolute Gasteiger partial charge is 0.161 e. The Morgan fingerprint density at radius 3 is 2.58 bits per heavy atom. The highest BCUT2D eigenvalue weighted by Gasteiger charge is 2.35. The van der Waals surface area contributed by atoms with Crippen LogP contribution in [0.25, 0.3) is 0 Å². The third kappa shape index (κ3) is 2.19. The molecule has 0 aromatic heterocycles. The molecule has 19 heavy (non-hydrogen) atoms. The van der Waals surface area contributed by atoms with E-state index >= 15 is 0 Å². The molecule has 1 N–H and O–H groups in total. The maximum atomic E-state index is 5.65. The molecule has 0 saturated carbocycles. The van der Waals surface area contributed by atoms with Crippen molar-refractivity contribution in [2.24, 2.45) is 11.8 Å². The van der Waals surface area contributed by atoms with Crippen LogP contribution in [-0.4, -0.2) is 44.3 Å². The largest absolute Gasteiger partial charge is 0.486 e. The molecular weight excluding hydrogens is 240 g/mol. The molecule has 0 radical (unpaired) electrons. The van der Waals surface area contributed by atoms with Gasteiger partial charge in [0.15, 0.2) is 11.5 Å². The monoisotopic (exact) mass is 260 g/mol. The predicted molar refractivity (Wildman–Crippen MR) is 72.6 cm³/mol. The van der Waals surface area contributed by atoms with Gasteiger partial charge in [0.1, 0.15) is 13.2 Å². The number of likely N-dealkylation sites (tertiary alicyclic amines) is 1. The lowest BCUT2D eigenvalue weighted by atomic mass is 10.0. The van der Waals surface area contributed by atoms with Crippen molar-refractivity contribution in [1.82, 2.24) is 10.2 Å². The Balaban J connectivity index is 1.45. The molecule has 0 bridgehead atoms. The van der Waals surface area contributed by atoms with Gasteiger partial charge in [0.2, 0.25) is 0 Å². The summed E-state index contributed by atoms with van der Waals surface area (Å²) in [6, 6.07) is 6.35. The summed E-state index contributed by atoms with van der Waals surface area (Å²) in [5.41, 5.74) is 1.33. The van der Waals surface area contributed by atoms with Crippen LogP contribution in [0, 0.1) is 11.8 Å². The highest BCUT2D eigenvalue weighted by molar-refractivity contribution is 5.43. The summed E-state index contributed by atoms with van der Waals surface area (Å²) in [5, 5.41) is 3.49. The molecule has 2 atom stereocenters. The van der Waals surface area contributed by atoms with E-state index in [0.717, 1.165) is 29.9 Å². The van der Waals surface area contributed by atoms with E-state index in [1.54, 1.807) is 0 Å². The number of rotatable bonds is 2. The molecule has 3 aliphatic heterocycles. The van der Waals surface area contributed by atoms with Crippen molar-refractivity contribution in [2.75, 3.05) is 39.4 Å². The van der Waals surface area contributed by atoms with Crippen LogP contribution in [0.3, 0.4) is 0 Å². The van der Waals surface area contributed by atoms with Crippen molar-refractivity contribution in [2.45, 2.75) is 6.54 Å². The predicted octanol–water partition coefficient (Wildman–Crippen LogP) is 1.11. The molecule has 0 aliphatic carbocycles. The molecule has 1 aromatic rings. The average molecular weight is 260 g/mol. The minimum absolute atomic E-state index is 0.662. The van der Waals surface area contributed by atoms with Crippen molar-refractivity contribution in [3.8, 4) is 11.5 Å². The molecule has 3 aliphatic rings. The number of hydrogen-bond donors (Lipinski definition) is 1. The summed E-state index contributed by atoms with van der Waals surface area (Å²) in [5.74, 6) is 3.51. The second-order valence-corrected chi connectivity index (χ2v) is 5.85. The van der Waals surface area contributed by atoms with Crippen molar-refractivity contribution in [1.29, 1.82) is 0 Å². The van der Waals surface area contributed by atoms with Gasteiger partial charge in [-0.05, 0) is 42.6 Å². The van der Waals surface area contributed by atoms with Crippen LogP contribution in [0.5, 0.6) is 11.5 Å². The van der Waals surface area contributed by atoms with Crippen LogP contribution in [0.2, 0.25) is 0 Å². The van der Waals surface area contributed by atoms with Gasteiger partial charge in [-0.25, -0.2) is 0 Å². The summed E-state index contributed by atoms with van der Waals surface area (Å²) in [6.07, 6.45) is 0. The van der Waals surface area contributed by atoms with E-state index in [9.17, 15) is 0 Å². The normalized spacial score (nSPS) is 29.5. The average Bonchev–Trinajstić information content (AvgIpc) is 2.99. The number of hydrogen-bond acceptors (Lipinski definition) is 4. The fourth-order valence-electron chi connectivity index (χ4n) is 3.53. The lowest BCUT2D eigenvalue weighted by Gasteiger charge is -2.21. The summed E-state index contributed by atoms with van der Waals surface area (Å²) in [6.45, 7) is 7.21. The molecule has 3 heterocycles. The van der Waals surface area contributed by atoms with Gasteiger partial charge in [-0.1, -0.05) is 6.07 Å². The van der Waals surface area contributed by atoms with Crippen LogP contribution >= 0.6 is 0 Å². The van der Waals surface area contributed by atoms with Gasteiger partial charge in [0, 0.05) is 19.6 Å². The Labute approximate surface area is 113 Å².